The van der Waals surface area contributed by atoms with Crippen LogP contribution in [0.15, 0.2) is 23.6 Å². The van der Waals surface area contributed by atoms with Gasteiger partial charge in [0.05, 0.1) is 0 Å². The van der Waals surface area contributed by atoms with E-state index in [9.17, 15) is 9.59 Å². The second-order valence-corrected chi connectivity index (χ2v) is 3.96. The summed E-state index contributed by atoms with van der Waals surface area (Å²) in [5, 5.41) is 4.37. The third-order valence-corrected chi connectivity index (χ3v) is 2.57. The van der Waals surface area contributed by atoms with E-state index in [1.807, 2.05) is 17.5 Å². The highest BCUT2D eigenvalue weighted by Gasteiger charge is 2.09. The van der Waals surface area contributed by atoms with Crippen LogP contribution in [0.3, 0.4) is 0 Å². The maximum absolute atomic E-state index is 11.3. The number of primary amides is 1. The molecule has 0 aromatic carbocycles. The lowest BCUT2D eigenvalue weighted by molar-refractivity contribution is -0.124. The highest BCUT2D eigenvalue weighted by molar-refractivity contribution is 7.10. The predicted octanol–water partition coefficient (Wildman–Crippen LogP) is 0.751. The van der Waals surface area contributed by atoms with E-state index in [4.69, 9.17) is 5.73 Å². The molecule has 0 aliphatic carbocycles. The van der Waals surface area contributed by atoms with Crippen molar-refractivity contribution in [2.24, 2.45) is 5.73 Å². The first-order valence-electron chi connectivity index (χ1n) is 4.41. The van der Waals surface area contributed by atoms with Crippen molar-refractivity contribution < 1.29 is 9.59 Å². The Kier molecular flexibility index (Phi) is 4.05. The molecule has 1 aromatic heterocycles. The zero-order valence-electron chi connectivity index (χ0n) is 8.27. The lowest BCUT2D eigenvalue weighted by Crippen LogP contribution is -2.41. The molecule has 0 saturated carbocycles. The molecule has 0 saturated heterocycles. The summed E-state index contributed by atoms with van der Waals surface area (Å²) in [6.07, 6.45) is 3.07. The van der Waals surface area contributed by atoms with Crippen molar-refractivity contribution in [3.8, 4) is 0 Å². The molecule has 0 spiro atoms. The van der Waals surface area contributed by atoms with Gasteiger partial charge >= 0.3 is 0 Å². The number of carbonyl (C=O) groups excluding carboxylic acids is 2. The van der Waals surface area contributed by atoms with Crippen LogP contribution in [0.4, 0.5) is 0 Å². The fraction of sp³-hybridized carbons (Fsp3) is 0.200. The summed E-state index contributed by atoms with van der Waals surface area (Å²) in [6, 6.07) is 3.14. The van der Waals surface area contributed by atoms with E-state index in [0.29, 0.717) is 0 Å². The van der Waals surface area contributed by atoms with Crippen molar-refractivity contribution in [2.75, 3.05) is 0 Å². The van der Waals surface area contributed by atoms with Crippen molar-refractivity contribution in [1.82, 2.24) is 5.32 Å². The molecule has 0 aliphatic rings. The van der Waals surface area contributed by atoms with Gasteiger partial charge in [-0.15, -0.1) is 11.3 Å². The average molecular weight is 224 g/mol. The van der Waals surface area contributed by atoms with Crippen LogP contribution in [-0.2, 0) is 9.59 Å². The Bertz CT molecular complexity index is 371. The van der Waals surface area contributed by atoms with Crippen molar-refractivity contribution in [2.45, 2.75) is 13.0 Å². The SMILES string of the molecule is CC(NC(=O)/C=C/c1cccs1)C(N)=O. The minimum absolute atomic E-state index is 0.324. The number of hydrogen-bond donors (Lipinski definition) is 2. The molecule has 80 valence electrons. The highest BCUT2D eigenvalue weighted by atomic mass is 32.1. The molecule has 4 nitrogen and oxygen atoms in total. The van der Waals surface area contributed by atoms with E-state index in [0.717, 1.165) is 4.88 Å². The van der Waals surface area contributed by atoms with Gasteiger partial charge in [0.25, 0.3) is 0 Å². The van der Waals surface area contributed by atoms with E-state index >= 15 is 0 Å². The van der Waals surface area contributed by atoms with Crippen LogP contribution in [0, 0.1) is 0 Å². The van der Waals surface area contributed by atoms with Gasteiger partial charge < -0.3 is 11.1 Å². The number of hydrogen-bond acceptors (Lipinski definition) is 3. The molecule has 0 radical (unpaired) electrons. The van der Waals surface area contributed by atoms with Gasteiger partial charge in [-0.3, -0.25) is 9.59 Å². The molecule has 5 heteroatoms. The van der Waals surface area contributed by atoms with Crippen molar-refractivity contribution >= 4 is 29.2 Å². The largest absolute Gasteiger partial charge is 0.368 e. The molecule has 0 aliphatic heterocycles. The van der Waals surface area contributed by atoms with Gasteiger partial charge in [0, 0.05) is 11.0 Å². The number of thiophene rings is 1. The molecule has 1 atom stereocenters. The van der Waals surface area contributed by atoms with Crippen LogP contribution in [0.2, 0.25) is 0 Å². The maximum Gasteiger partial charge on any atom is 0.244 e. The zero-order chi connectivity index (χ0) is 11.3. The van der Waals surface area contributed by atoms with E-state index in [2.05, 4.69) is 5.32 Å². The molecule has 1 aromatic rings. The fourth-order valence-electron chi connectivity index (χ4n) is 0.877. The molecule has 1 unspecified atom stereocenters. The highest BCUT2D eigenvalue weighted by Crippen LogP contribution is 2.09. The number of carbonyl (C=O) groups is 2. The molecule has 1 rings (SSSR count). The monoisotopic (exact) mass is 224 g/mol. The van der Waals surface area contributed by atoms with Gasteiger partial charge in [0.15, 0.2) is 0 Å². The Morgan fingerprint density at radius 3 is 2.87 bits per heavy atom. The van der Waals surface area contributed by atoms with Gasteiger partial charge in [-0.25, -0.2) is 0 Å². The molecule has 0 bridgehead atoms. The summed E-state index contributed by atoms with van der Waals surface area (Å²) >= 11 is 1.53. The second kappa shape index (κ2) is 5.31. The predicted molar refractivity (Wildman–Crippen MR) is 60.2 cm³/mol. The lowest BCUT2D eigenvalue weighted by Gasteiger charge is -2.06. The third-order valence-electron chi connectivity index (χ3n) is 1.73. The first-order valence-corrected chi connectivity index (χ1v) is 5.29. The van der Waals surface area contributed by atoms with E-state index in [1.165, 1.54) is 17.4 Å². The first kappa shape index (κ1) is 11.5. The molecule has 3 N–H and O–H groups in total. The Balaban J connectivity index is 2.46. The molecule has 1 heterocycles. The minimum Gasteiger partial charge on any atom is -0.368 e. The summed E-state index contributed by atoms with van der Waals surface area (Å²) in [5.41, 5.74) is 5.00. The van der Waals surface area contributed by atoms with Crippen molar-refractivity contribution in [3.05, 3.63) is 28.5 Å². The summed E-state index contributed by atoms with van der Waals surface area (Å²) < 4.78 is 0. The average Bonchev–Trinajstić information content (AvgIpc) is 2.66. The summed E-state index contributed by atoms with van der Waals surface area (Å²) in [4.78, 5) is 22.9. The van der Waals surface area contributed by atoms with Crippen LogP contribution in [0.1, 0.15) is 11.8 Å². The molecule has 15 heavy (non-hydrogen) atoms. The third kappa shape index (κ3) is 3.95. The second-order valence-electron chi connectivity index (χ2n) is 2.98. The standard InChI is InChI=1S/C10H12N2O2S/c1-7(10(11)14)12-9(13)5-4-8-3-2-6-15-8/h2-7H,1H3,(H2,11,14)(H,12,13)/b5-4+. The fourth-order valence-corrected chi connectivity index (χ4v) is 1.49. The molecule has 2 amide bonds. The van der Waals surface area contributed by atoms with Gasteiger partial charge in [-0.05, 0) is 24.4 Å². The first-order chi connectivity index (χ1) is 7.09. The summed E-state index contributed by atoms with van der Waals surface area (Å²) in [7, 11) is 0. The van der Waals surface area contributed by atoms with Crippen LogP contribution < -0.4 is 11.1 Å². The molecule has 0 fully saturated rings. The number of nitrogens with one attached hydrogen (secondary N) is 1. The van der Waals surface area contributed by atoms with Gasteiger partial charge in [-0.1, -0.05) is 6.07 Å². The van der Waals surface area contributed by atoms with Crippen LogP contribution >= 0.6 is 11.3 Å². The van der Waals surface area contributed by atoms with Crippen LogP contribution in [0.25, 0.3) is 6.08 Å². The summed E-state index contributed by atoms with van der Waals surface area (Å²) in [6.45, 7) is 1.54. The topological polar surface area (TPSA) is 72.2 Å². The van der Waals surface area contributed by atoms with Gasteiger partial charge in [0.2, 0.25) is 11.8 Å². The smallest absolute Gasteiger partial charge is 0.244 e. The number of rotatable bonds is 4. The van der Waals surface area contributed by atoms with Gasteiger partial charge in [0.1, 0.15) is 6.04 Å². The lowest BCUT2D eigenvalue weighted by atomic mass is 10.3. The Morgan fingerprint density at radius 1 is 1.60 bits per heavy atom. The minimum atomic E-state index is -0.648. The maximum atomic E-state index is 11.3. The quantitative estimate of drug-likeness (QED) is 0.741. The molecular formula is C10H12N2O2S. The van der Waals surface area contributed by atoms with Crippen LogP contribution in [-0.4, -0.2) is 17.9 Å². The van der Waals surface area contributed by atoms with E-state index in [-0.39, 0.29) is 5.91 Å². The number of nitrogens with two attached hydrogens (primary N) is 1. The Labute approximate surface area is 91.8 Å². The molecular weight excluding hydrogens is 212 g/mol. The Morgan fingerprint density at radius 2 is 2.33 bits per heavy atom. The zero-order valence-corrected chi connectivity index (χ0v) is 9.08. The number of amides is 2. The van der Waals surface area contributed by atoms with E-state index < -0.39 is 11.9 Å². The van der Waals surface area contributed by atoms with Gasteiger partial charge in [-0.2, -0.15) is 0 Å². The Hall–Kier alpha value is -1.62. The van der Waals surface area contributed by atoms with Crippen molar-refractivity contribution in [3.63, 3.8) is 0 Å². The normalized spacial score (nSPS) is 12.6. The summed E-state index contributed by atoms with van der Waals surface area (Å²) in [5.74, 6) is -0.873. The van der Waals surface area contributed by atoms with Crippen molar-refractivity contribution in [1.29, 1.82) is 0 Å². The van der Waals surface area contributed by atoms with Crippen LogP contribution in [0.5, 0.6) is 0 Å². The van der Waals surface area contributed by atoms with E-state index in [1.54, 1.807) is 13.0 Å².